The highest BCUT2D eigenvalue weighted by Gasteiger charge is 2.34. The van der Waals surface area contributed by atoms with Crippen LogP contribution in [0.25, 0.3) is 16.6 Å². The maximum absolute atomic E-state index is 13.3. The van der Waals surface area contributed by atoms with E-state index in [-0.39, 0.29) is 36.0 Å². The van der Waals surface area contributed by atoms with E-state index in [1.807, 2.05) is 25.3 Å². The third kappa shape index (κ3) is 5.47. The molecule has 1 aliphatic rings. The van der Waals surface area contributed by atoms with Gasteiger partial charge >= 0.3 is 6.03 Å². The number of rotatable bonds is 5. The van der Waals surface area contributed by atoms with E-state index in [1.165, 1.54) is 15.5 Å². The first-order valence-electron chi connectivity index (χ1n) is 13.1. The van der Waals surface area contributed by atoms with Crippen molar-refractivity contribution < 1.29 is 14.4 Å². The first-order valence-corrected chi connectivity index (χ1v) is 13.1. The lowest BCUT2D eigenvalue weighted by Crippen LogP contribution is -2.62. The number of aryl methyl sites for hydroxylation is 1. The summed E-state index contributed by atoms with van der Waals surface area (Å²) in [5.41, 5.74) is 3.37. The number of pyridine rings is 1. The predicted octanol–water partition coefficient (Wildman–Crippen LogP) is 2.91. The normalized spacial score (nSPS) is 16.9. The molecule has 2 aromatic heterocycles. The van der Waals surface area contributed by atoms with Crippen LogP contribution in [0.4, 0.5) is 4.79 Å². The van der Waals surface area contributed by atoms with E-state index in [4.69, 9.17) is 0 Å². The first kappa shape index (κ1) is 26.7. The third-order valence-corrected chi connectivity index (χ3v) is 7.28. The Morgan fingerprint density at radius 2 is 1.62 bits per heavy atom. The summed E-state index contributed by atoms with van der Waals surface area (Å²) in [5.74, 6) is -0.581. The number of H-pyrrole nitrogens is 1. The monoisotopic (exact) mass is 540 g/mol. The minimum absolute atomic E-state index is 0.158. The highest BCUT2D eigenvalue weighted by atomic mass is 16.2. The zero-order valence-electron chi connectivity index (χ0n) is 22.7. The van der Waals surface area contributed by atoms with Gasteiger partial charge in [-0.3, -0.25) is 19.0 Å². The van der Waals surface area contributed by atoms with Gasteiger partial charge in [0.1, 0.15) is 0 Å². The van der Waals surface area contributed by atoms with Gasteiger partial charge in [0, 0.05) is 73.4 Å². The Labute approximate surface area is 231 Å². The van der Waals surface area contributed by atoms with Crippen molar-refractivity contribution in [2.45, 2.75) is 25.4 Å². The number of nitrogens with one attached hydrogen (secondary N) is 3. The Morgan fingerprint density at radius 3 is 2.35 bits per heavy atom. The molecule has 4 aromatic rings. The lowest BCUT2D eigenvalue weighted by atomic mass is 9.98. The summed E-state index contributed by atoms with van der Waals surface area (Å²) in [6.07, 6.45) is 4.05. The molecule has 1 saturated heterocycles. The quantitative estimate of drug-likeness (QED) is 0.361. The van der Waals surface area contributed by atoms with Crippen LogP contribution in [-0.4, -0.2) is 76.5 Å². The van der Waals surface area contributed by atoms with Crippen molar-refractivity contribution in [3.63, 3.8) is 0 Å². The van der Waals surface area contributed by atoms with Gasteiger partial charge < -0.3 is 25.4 Å². The smallest absolute Gasteiger partial charge is 0.319 e. The van der Waals surface area contributed by atoms with E-state index in [1.54, 1.807) is 67.7 Å². The number of amides is 4. The number of likely N-dealkylation sites (tertiary alicyclic amines) is 1. The standard InChI is InChI=1S/C30H32N6O4/c1-19-17-31-25-16-21(9-12-23(19)25)29(39)32-24-13-15-35(30(40)34(2)3)18-26(24)33-28(38)20-7-10-22(11-8-20)36-14-5-4-6-27(36)37/h4-12,14,16-17,24,26,31H,13,15,18H2,1-3H3,(H,32,39)(H,33,38)/t24-,26?/m1/s1. The highest BCUT2D eigenvalue weighted by molar-refractivity contribution is 5.99. The van der Waals surface area contributed by atoms with Gasteiger partial charge in [-0.1, -0.05) is 12.1 Å². The van der Waals surface area contributed by atoms with E-state index in [0.29, 0.717) is 29.8 Å². The molecule has 0 spiro atoms. The predicted molar refractivity (Wildman–Crippen MR) is 153 cm³/mol. The second-order valence-electron chi connectivity index (χ2n) is 10.3. The summed E-state index contributed by atoms with van der Waals surface area (Å²) in [6, 6.07) is 16.1. The van der Waals surface area contributed by atoms with Crippen LogP contribution >= 0.6 is 0 Å². The average Bonchev–Trinajstić information content (AvgIpc) is 3.33. The number of nitrogens with zero attached hydrogens (tertiary/aromatic N) is 3. The number of aromatic amines is 1. The molecular weight excluding hydrogens is 508 g/mol. The van der Waals surface area contributed by atoms with Gasteiger partial charge in [-0.25, -0.2) is 4.79 Å². The van der Waals surface area contributed by atoms with Crippen molar-refractivity contribution >= 4 is 28.7 Å². The highest BCUT2D eigenvalue weighted by Crippen LogP contribution is 2.20. The molecule has 0 bridgehead atoms. The fourth-order valence-corrected chi connectivity index (χ4v) is 5.06. The molecule has 0 aliphatic carbocycles. The molecule has 2 aromatic carbocycles. The zero-order valence-corrected chi connectivity index (χ0v) is 22.7. The van der Waals surface area contributed by atoms with Gasteiger partial charge in [-0.05, 0) is 61.4 Å². The van der Waals surface area contributed by atoms with Gasteiger partial charge in [-0.2, -0.15) is 0 Å². The number of carbonyl (C=O) groups is 3. The molecule has 1 unspecified atom stereocenters. The van der Waals surface area contributed by atoms with Crippen LogP contribution in [0.3, 0.4) is 0 Å². The van der Waals surface area contributed by atoms with Gasteiger partial charge in [-0.15, -0.1) is 0 Å². The largest absolute Gasteiger partial charge is 0.361 e. The zero-order chi connectivity index (χ0) is 28.4. The van der Waals surface area contributed by atoms with Crippen LogP contribution in [-0.2, 0) is 0 Å². The number of piperidine rings is 1. The number of fused-ring (bicyclic) bond motifs is 1. The molecule has 5 rings (SSSR count). The number of aromatic nitrogens is 2. The van der Waals surface area contributed by atoms with Crippen molar-refractivity contribution in [1.29, 1.82) is 0 Å². The lowest BCUT2D eigenvalue weighted by molar-refractivity contribution is 0.0816. The van der Waals surface area contributed by atoms with Gasteiger partial charge in [0.25, 0.3) is 17.4 Å². The minimum atomic E-state index is -0.512. The number of urea groups is 1. The summed E-state index contributed by atoms with van der Waals surface area (Å²) < 4.78 is 1.49. The van der Waals surface area contributed by atoms with E-state index in [0.717, 1.165) is 16.5 Å². The molecule has 1 aliphatic heterocycles. The second-order valence-corrected chi connectivity index (χ2v) is 10.3. The van der Waals surface area contributed by atoms with Crippen LogP contribution in [0, 0.1) is 6.92 Å². The summed E-state index contributed by atoms with van der Waals surface area (Å²) in [4.78, 5) is 57.7. The molecule has 10 heteroatoms. The molecular formula is C30H32N6O4. The number of hydrogen-bond acceptors (Lipinski definition) is 4. The SMILES string of the molecule is Cc1c[nH]c2cc(C(=O)N[C@@H]3CCN(C(=O)N(C)C)CC3NC(=O)c3ccc(-n4ccccc4=O)cc3)ccc12. The Hall–Kier alpha value is -4.86. The minimum Gasteiger partial charge on any atom is -0.361 e. The van der Waals surface area contributed by atoms with Crippen LogP contribution in [0.2, 0.25) is 0 Å². The molecule has 0 saturated carbocycles. The number of carbonyl (C=O) groups excluding carboxylic acids is 3. The lowest BCUT2D eigenvalue weighted by Gasteiger charge is -2.40. The van der Waals surface area contributed by atoms with Gasteiger partial charge in [0.15, 0.2) is 0 Å². The summed E-state index contributed by atoms with van der Waals surface area (Å²) >= 11 is 0. The van der Waals surface area contributed by atoms with Gasteiger partial charge in [0.2, 0.25) is 0 Å². The second kappa shape index (κ2) is 11.1. The molecule has 0 radical (unpaired) electrons. The van der Waals surface area contributed by atoms with E-state index < -0.39 is 6.04 Å². The fraction of sp³-hybridized carbons (Fsp3) is 0.267. The molecule has 3 heterocycles. The Balaban J connectivity index is 1.34. The van der Waals surface area contributed by atoms with Crippen LogP contribution < -0.4 is 16.2 Å². The van der Waals surface area contributed by atoms with Crippen LogP contribution in [0.1, 0.15) is 32.7 Å². The molecule has 4 amide bonds. The average molecular weight is 541 g/mol. The van der Waals surface area contributed by atoms with Crippen molar-refractivity contribution in [3.05, 3.63) is 100 Å². The summed E-state index contributed by atoms with van der Waals surface area (Å²) in [5, 5.41) is 7.17. The van der Waals surface area contributed by atoms with E-state index in [9.17, 15) is 19.2 Å². The maximum atomic E-state index is 13.3. The molecule has 10 nitrogen and oxygen atoms in total. The number of benzene rings is 2. The van der Waals surface area contributed by atoms with Crippen molar-refractivity contribution in [2.24, 2.45) is 0 Å². The van der Waals surface area contributed by atoms with Crippen LogP contribution in [0.5, 0.6) is 0 Å². The molecule has 40 heavy (non-hydrogen) atoms. The van der Waals surface area contributed by atoms with Crippen molar-refractivity contribution in [3.8, 4) is 5.69 Å². The van der Waals surface area contributed by atoms with E-state index >= 15 is 0 Å². The summed E-state index contributed by atoms with van der Waals surface area (Å²) in [7, 11) is 3.36. The fourth-order valence-electron chi connectivity index (χ4n) is 5.06. The topological polar surface area (TPSA) is 120 Å². The molecule has 1 fully saturated rings. The van der Waals surface area contributed by atoms with Crippen molar-refractivity contribution in [1.82, 2.24) is 30.0 Å². The Morgan fingerprint density at radius 1 is 0.925 bits per heavy atom. The number of hydrogen-bond donors (Lipinski definition) is 3. The van der Waals surface area contributed by atoms with E-state index in [2.05, 4.69) is 15.6 Å². The Bertz CT molecular complexity index is 1620. The molecule has 206 valence electrons. The van der Waals surface area contributed by atoms with Crippen LogP contribution in [0.15, 0.2) is 77.9 Å². The van der Waals surface area contributed by atoms with Crippen molar-refractivity contribution in [2.75, 3.05) is 27.2 Å². The first-order chi connectivity index (χ1) is 19.2. The Kier molecular flexibility index (Phi) is 7.41. The molecule has 3 N–H and O–H groups in total. The van der Waals surface area contributed by atoms with Gasteiger partial charge in [0.05, 0.1) is 12.1 Å². The molecule has 2 atom stereocenters. The maximum Gasteiger partial charge on any atom is 0.319 e. The third-order valence-electron chi connectivity index (χ3n) is 7.28. The summed E-state index contributed by atoms with van der Waals surface area (Å²) in [6.45, 7) is 2.70.